The van der Waals surface area contributed by atoms with Crippen molar-refractivity contribution in [1.29, 1.82) is 0 Å². The largest absolute Gasteiger partial charge is 0.340 e. The molecule has 0 fully saturated rings. The summed E-state index contributed by atoms with van der Waals surface area (Å²) < 4.78 is 1.94. The minimum Gasteiger partial charge on any atom is -0.333 e. The highest BCUT2D eigenvalue weighted by Crippen LogP contribution is 2.26. The molecule has 2 aromatic carbocycles. The second-order valence-corrected chi connectivity index (χ2v) is 7.50. The molecule has 148 valence electrons. The van der Waals surface area contributed by atoms with Crippen molar-refractivity contribution in [2.45, 2.75) is 20.4 Å². The first kappa shape index (κ1) is 18.1. The zero-order chi connectivity index (χ0) is 20.7. The van der Waals surface area contributed by atoms with Gasteiger partial charge in [0, 0.05) is 11.6 Å². The molecule has 0 spiro atoms. The SMILES string of the molecule is Cc1ccc(-c2ccc(-c3nc4cc[n+](Cc5n[nH]c(=O)[nH]5)cc4[nH]3)cc2)cc1C. The van der Waals surface area contributed by atoms with Crippen molar-refractivity contribution in [3.63, 3.8) is 0 Å². The summed E-state index contributed by atoms with van der Waals surface area (Å²) in [6, 6.07) is 16.9. The first-order valence-corrected chi connectivity index (χ1v) is 9.75. The number of imidazole rings is 1. The summed E-state index contributed by atoms with van der Waals surface area (Å²) in [5.74, 6) is 1.40. The van der Waals surface area contributed by atoms with Crippen molar-refractivity contribution in [3.8, 4) is 22.5 Å². The number of aromatic nitrogens is 6. The summed E-state index contributed by atoms with van der Waals surface area (Å²) in [7, 11) is 0. The Bertz CT molecular complexity index is 1410. The molecule has 0 saturated carbocycles. The second kappa shape index (κ2) is 7.11. The average molecular weight is 397 g/mol. The molecule has 5 rings (SSSR count). The Morgan fingerprint density at radius 1 is 0.900 bits per heavy atom. The quantitative estimate of drug-likeness (QED) is 0.406. The summed E-state index contributed by atoms with van der Waals surface area (Å²) >= 11 is 0. The highest BCUT2D eigenvalue weighted by molar-refractivity contribution is 5.78. The number of fused-ring (bicyclic) bond motifs is 1. The van der Waals surface area contributed by atoms with Crippen LogP contribution in [0.25, 0.3) is 33.5 Å². The van der Waals surface area contributed by atoms with Crippen LogP contribution in [0.1, 0.15) is 17.0 Å². The zero-order valence-corrected chi connectivity index (χ0v) is 16.7. The highest BCUT2D eigenvalue weighted by Gasteiger charge is 2.12. The Morgan fingerprint density at radius 3 is 2.40 bits per heavy atom. The Balaban J connectivity index is 1.42. The predicted octanol–water partition coefficient (Wildman–Crippen LogP) is 3.26. The minimum absolute atomic E-state index is 0.306. The van der Waals surface area contributed by atoms with Gasteiger partial charge < -0.3 is 4.98 Å². The fraction of sp³-hybridized carbons (Fsp3) is 0.130. The second-order valence-electron chi connectivity index (χ2n) is 7.50. The van der Waals surface area contributed by atoms with E-state index >= 15 is 0 Å². The molecule has 0 aliphatic rings. The number of nitrogens with zero attached hydrogens (tertiary/aromatic N) is 3. The van der Waals surface area contributed by atoms with Crippen LogP contribution in [0.5, 0.6) is 0 Å². The lowest BCUT2D eigenvalue weighted by Crippen LogP contribution is -2.34. The standard InChI is InChI=1S/C23H20N6O/c1-14-3-4-18(11-15(14)2)16-5-7-17(8-6-16)22-24-19-9-10-29(12-20(19)25-22)13-21-26-23(30)28-27-21/h3-12H,13H2,1-2H3,(H2,26,27,28,30)/p+1. The molecule has 0 bridgehead atoms. The van der Waals surface area contributed by atoms with Crippen molar-refractivity contribution in [3.05, 3.63) is 88.4 Å². The number of benzene rings is 2. The molecule has 0 aliphatic carbocycles. The molecular formula is C23H21N6O+. The highest BCUT2D eigenvalue weighted by atomic mass is 16.1. The molecule has 3 N–H and O–H groups in total. The number of aromatic amines is 3. The van der Waals surface area contributed by atoms with Crippen molar-refractivity contribution in [2.24, 2.45) is 0 Å². The van der Waals surface area contributed by atoms with E-state index in [2.05, 4.69) is 76.5 Å². The summed E-state index contributed by atoms with van der Waals surface area (Å²) in [5.41, 5.74) is 7.52. The van der Waals surface area contributed by atoms with E-state index < -0.39 is 0 Å². The van der Waals surface area contributed by atoms with Crippen LogP contribution in [-0.4, -0.2) is 25.1 Å². The first-order valence-electron chi connectivity index (χ1n) is 9.75. The van der Waals surface area contributed by atoms with Gasteiger partial charge in [0.1, 0.15) is 16.9 Å². The van der Waals surface area contributed by atoms with Crippen LogP contribution in [-0.2, 0) is 6.54 Å². The van der Waals surface area contributed by atoms with Crippen molar-refractivity contribution in [2.75, 3.05) is 0 Å². The van der Waals surface area contributed by atoms with Gasteiger partial charge in [0.2, 0.25) is 6.54 Å². The van der Waals surface area contributed by atoms with Gasteiger partial charge in [-0.3, -0.25) is 4.98 Å². The van der Waals surface area contributed by atoms with Crippen LogP contribution < -0.4 is 10.3 Å². The fourth-order valence-electron chi connectivity index (χ4n) is 3.53. The molecule has 3 heterocycles. The number of hydrogen-bond acceptors (Lipinski definition) is 3. The van der Waals surface area contributed by atoms with Crippen molar-refractivity contribution >= 4 is 11.0 Å². The lowest BCUT2D eigenvalue weighted by molar-refractivity contribution is -0.688. The van der Waals surface area contributed by atoms with E-state index in [1.54, 1.807) is 0 Å². The maximum Gasteiger partial charge on any atom is 0.340 e. The molecule has 7 nitrogen and oxygen atoms in total. The number of pyridine rings is 1. The molecule has 0 unspecified atom stereocenters. The zero-order valence-electron chi connectivity index (χ0n) is 16.7. The maximum atomic E-state index is 11.2. The molecule has 0 aliphatic heterocycles. The topological polar surface area (TPSA) is 94.1 Å². The molecule has 0 radical (unpaired) electrons. The Hall–Kier alpha value is -4.00. The fourth-order valence-corrected chi connectivity index (χ4v) is 3.53. The van der Waals surface area contributed by atoms with Crippen LogP contribution >= 0.6 is 0 Å². The lowest BCUT2D eigenvalue weighted by atomic mass is 9.99. The molecule has 0 atom stereocenters. The van der Waals surface area contributed by atoms with Gasteiger partial charge in [-0.25, -0.2) is 14.9 Å². The van der Waals surface area contributed by atoms with Gasteiger partial charge in [0.05, 0.1) is 0 Å². The van der Waals surface area contributed by atoms with Crippen LogP contribution in [0.4, 0.5) is 0 Å². The van der Waals surface area contributed by atoms with Crippen LogP contribution in [0.2, 0.25) is 0 Å². The van der Waals surface area contributed by atoms with Gasteiger partial charge in [0.25, 0.3) is 0 Å². The molecular weight excluding hydrogens is 376 g/mol. The first-order chi connectivity index (χ1) is 14.5. The molecule has 30 heavy (non-hydrogen) atoms. The van der Waals surface area contributed by atoms with E-state index in [0.29, 0.717) is 12.4 Å². The van der Waals surface area contributed by atoms with E-state index in [-0.39, 0.29) is 5.69 Å². The van der Waals surface area contributed by atoms with Crippen LogP contribution in [0, 0.1) is 13.8 Å². The summed E-state index contributed by atoms with van der Waals surface area (Å²) in [6.45, 7) is 4.73. The number of H-pyrrole nitrogens is 3. The average Bonchev–Trinajstić information content (AvgIpc) is 3.36. The predicted molar refractivity (Wildman–Crippen MR) is 115 cm³/mol. The Labute approximate surface area is 172 Å². The van der Waals surface area contributed by atoms with Crippen molar-refractivity contribution < 1.29 is 4.57 Å². The summed E-state index contributed by atoms with van der Waals surface area (Å²) in [6.07, 6.45) is 3.88. The van der Waals surface area contributed by atoms with E-state index in [4.69, 9.17) is 4.98 Å². The molecule has 0 saturated heterocycles. The van der Waals surface area contributed by atoms with Gasteiger partial charge in [-0.05, 0) is 36.1 Å². The van der Waals surface area contributed by atoms with E-state index in [9.17, 15) is 4.79 Å². The number of aryl methyl sites for hydroxylation is 2. The molecule has 5 aromatic rings. The smallest absolute Gasteiger partial charge is 0.333 e. The van der Waals surface area contributed by atoms with Gasteiger partial charge in [-0.15, -0.1) is 0 Å². The molecule has 3 aromatic heterocycles. The number of hydrogen-bond donors (Lipinski definition) is 3. The van der Waals surface area contributed by atoms with Gasteiger partial charge >= 0.3 is 5.69 Å². The van der Waals surface area contributed by atoms with Gasteiger partial charge in [-0.1, -0.05) is 42.5 Å². The number of nitrogens with one attached hydrogen (secondary N) is 3. The maximum absolute atomic E-state index is 11.2. The van der Waals surface area contributed by atoms with Crippen LogP contribution in [0.15, 0.2) is 65.7 Å². The van der Waals surface area contributed by atoms with Crippen molar-refractivity contribution in [1.82, 2.24) is 25.1 Å². The van der Waals surface area contributed by atoms with E-state index in [1.165, 1.54) is 22.3 Å². The third-order valence-corrected chi connectivity index (χ3v) is 5.36. The Morgan fingerprint density at radius 2 is 1.67 bits per heavy atom. The third kappa shape index (κ3) is 3.41. The lowest BCUT2D eigenvalue weighted by Gasteiger charge is -2.06. The number of rotatable bonds is 4. The molecule has 7 heteroatoms. The summed E-state index contributed by atoms with van der Waals surface area (Å²) in [4.78, 5) is 22.0. The third-order valence-electron chi connectivity index (χ3n) is 5.36. The van der Waals surface area contributed by atoms with Gasteiger partial charge in [-0.2, -0.15) is 9.67 Å². The van der Waals surface area contributed by atoms with E-state index in [1.807, 2.05) is 23.0 Å². The monoisotopic (exact) mass is 397 g/mol. The van der Waals surface area contributed by atoms with E-state index in [0.717, 1.165) is 22.4 Å². The van der Waals surface area contributed by atoms with Gasteiger partial charge in [0.15, 0.2) is 18.2 Å². The summed E-state index contributed by atoms with van der Waals surface area (Å²) in [5, 5.41) is 6.33. The van der Waals surface area contributed by atoms with Crippen LogP contribution in [0.3, 0.4) is 0 Å². The Kier molecular flexibility index (Phi) is 4.28. The normalized spacial score (nSPS) is 11.3. The minimum atomic E-state index is -0.306. The molecule has 0 amide bonds.